The van der Waals surface area contributed by atoms with Crippen LogP contribution in [-0.4, -0.2) is 36.4 Å². The van der Waals surface area contributed by atoms with Crippen LogP contribution in [0.15, 0.2) is 86.0 Å². The summed E-state index contributed by atoms with van der Waals surface area (Å²) in [6.45, 7) is 3.83. The number of carbonyl (C=O) groups is 2. The second kappa shape index (κ2) is 15.6. The van der Waals surface area contributed by atoms with E-state index in [1.807, 2.05) is 42.5 Å². The average Bonchev–Trinajstić information content (AvgIpc) is 2.96. The molecule has 3 aromatic rings. The van der Waals surface area contributed by atoms with Gasteiger partial charge in [-0.25, -0.2) is 10.2 Å². The molecule has 0 aliphatic carbocycles. The third kappa shape index (κ3) is 9.00. The molecule has 0 spiro atoms. The van der Waals surface area contributed by atoms with Crippen molar-refractivity contribution in [2.45, 2.75) is 26.5 Å². The Kier molecular flexibility index (Phi) is 12.0. The summed E-state index contributed by atoms with van der Waals surface area (Å²) in [5.41, 5.74) is 5.85. The average molecular weight is 842 g/mol. The van der Waals surface area contributed by atoms with Crippen molar-refractivity contribution >= 4 is 89.9 Å². The molecule has 0 saturated heterocycles. The number of para-hydroxylation sites is 1. The summed E-state index contributed by atoms with van der Waals surface area (Å²) in [6.07, 6.45) is 1.52. The Morgan fingerprint density at radius 2 is 1.79 bits per heavy atom. The zero-order chi connectivity index (χ0) is 30.9. The van der Waals surface area contributed by atoms with Gasteiger partial charge in [-0.1, -0.05) is 30.3 Å². The highest BCUT2D eigenvalue weighted by Gasteiger charge is 2.32. The molecule has 0 radical (unpaired) electrons. The van der Waals surface area contributed by atoms with E-state index in [0.29, 0.717) is 40.1 Å². The highest BCUT2D eigenvalue weighted by molar-refractivity contribution is 14.1. The number of nitrogens with one attached hydrogen (secondary N) is 3. The maximum Gasteiger partial charge on any atom is 0.338 e. The lowest BCUT2D eigenvalue weighted by Crippen LogP contribution is -2.45. The summed E-state index contributed by atoms with van der Waals surface area (Å²) in [5, 5.41) is 10.5. The van der Waals surface area contributed by atoms with E-state index in [4.69, 9.17) is 26.4 Å². The zero-order valence-corrected chi connectivity index (χ0v) is 29.2. The van der Waals surface area contributed by atoms with Crippen molar-refractivity contribution in [2.75, 3.05) is 13.2 Å². The standard InChI is InChI=1S/C30H27Br2IN4O5S/c1-3-40-29(39)26-17(2)35-30(43)36-27(26)21-6-4-5-7-24(21)41-16-25(38)37-34-14-19-12-22(31)28(23(32)13-19)42-15-18-8-10-20(33)11-9-18/h4-14,27H,3,15-16H2,1-2H3,(H,37,38)(H2,35,36,43)/t27-/m1/s1. The van der Waals surface area contributed by atoms with Crippen LogP contribution in [0.25, 0.3) is 0 Å². The molecule has 3 aromatic carbocycles. The SMILES string of the molecule is CCOC(=O)C1=C(C)NC(=S)N[C@@H]1c1ccccc1OCC(=O)NN=Cc1cc(Br)c(OCc2ccc(I)cc2)c(Br)c1. The fraction of sp³-hybridized carbons (Fsp3) is 0.200. The van der Waals surface area contributed by atoms with Gasteiger partial charge in [0.25, 0.3) is 5.91 Å². The van der Waals surface area contributed by atoms with Gasteiger partial charge in [0.2, 0.25) is 0 Å². The molecular formula is C30H27Br2IN4O5S. The molecule has 3 N–H and O–H groups in total. The van der Waals surface area contributed by atoms with E-state index in [2.05, 4.69) is 75.6 Å². The summed E-state index contributed by atoms with van der Waals surface area (Å²) in [6, 6.07) is 18.3. The first-order valence-electron chi connectivity index (χ1n) is 13.0. The van der Waals surface area contributed by atoms with Gasteiger partial charge in [0.1, 0.15) is 18.1 Å². The minimum absolute atomic E-state index is 0.227. The summed E-state index contributed by atoms with van der Waals surface area (Å²) in [5.74, 6) is 0.130. The number of carbonyl (C=O) groups excluding carboxylic acids is 2. The van der Waals surface area contributed by atoms with Gasteiger partial charge in [0, 0.05) is 14.8 Å². The number of allylic oxidation sites excluding steroid dienone is 1. The first-order chi connectivity index (χ1) is 20.7. The smallest absolute Gasteiger partial charge is 0.338 e. The van der Waals surface area contributed by atoms with Crippen LogP contribution in [0.5, 0.6) is 11.5 Å². The number of hydrogen-bond donors (Lipinski definition) is 3. The van der Waals surface area contributed by atoms with Crippen LogP contribution >= 0.6 is 66.7 Å². The topological polar surface area (TPSA) is 110 Å². The van der Waals surface area contributed by atoms with Crippen LogP contribution in [0, 0.1) is 3.57 Å². The Labute approximate surface area is 285 Å². The Balaban J connectivity index is 1.37. The Morgan fingerprint density at radius 1 is 1.09 bits per heavy atom. The molecule has 43 heavy (non-hydrogen) atoms. The van der Waals surface area contributed by atoms with E-state index >= 15 is 0 Å². The molecule has 1 aliphatic rings. The minimum atomic E-state index is -0.620. The molecule has 13 heteroatoms. The molecule has 1 heterocycles. The third-order valence-electron chi connectivity index (χ3n) is 6.07. The van der Waals surface area contributed by atoms with Crippen molar-refractivity contribution in [3.8, 4) is 11.5 Å². The highest BCUT2D eigenvalue weighted by Crippen LogP contribution is 2.35. The monoisotopic (exact) mass is 840 g/mol. The van der Waals surface area contributed by atoms with Gasteiger partial charge in [-0.15, -0.1) is 0 Å². The quantitative estimate of drug-likeness (QED) is 0.0682. The van der Waals surface area contributed by atoms with Crippen LogP contribution in [0.1, 0.15) is 36.6 Å². The van der Waals surface area contributed by atoms with Crippen molar-refractivity contribution in [1.82, 2.24) is 16.1 Å². The van der Waals surface area contributed by atoms with Crippen molar-refractivity contribution < 1.29 is 23.8 Å². The number of nitrogens with zero attached hydrogens (tertiary/aromatic N) is 1. The maximum atomic E-state index is 12.7. The summed E-state index contributed by atoms with van der Waals surface area (Å²) in [7, 11) is 0. The number of ether oxygens (including phenoxy) is 3. The second-order valence-electron chi connectivity index (χ2n) is 9.14. The number of esters is 1. The number of halogens is 3. The first-order valence-corrected chi connectivity index (χ1v) is 16.1. The van der Waals surface area contributed by atoms with E-state index in [1.165, 1.54) is 6.21 Å². The molecule has 1 amide bonds. The lowest BCUT2D eigenvalue weighted by molar-refractivity contribution is -0.139. The largest absolute Gasteiger partial charge is 0.487 e. The van der Waals surface area contributed by atoms with E-state index in [9.17, 15) is 9.59 Å². The number of thiocarbonyl (C=S) groups is 1. The van der Waals surface area contributed by atoms with Crippen LogP contribution in [0.3, 0.4) is 0 Å². The molecule has 1 aliphatic heterocycles. The van der Waals surface area contributed by atoms with E-state index in [-0.39, 0.29) is 13.2 Å². The molecular weight excluding hydrogens is 815 g/mol. The Bertz CT molecular complexity index is 1560. The highest BCUT2D eigenvalue weighted by atomic mass is 127. The number of hydrogen-bond acceptors (Lipinski definition) is 7. The van der Waals surface area contributed by atoms with Gasteiger partial charge in [0.05, 0.1) is 33.4 Å². The molecule has 0 aromatic heterocycles. The van der Waals surface area contributed by atoms with E-state index in [0.717, 1.165) is 23.6 Å². The summed E-state index contributed by atoms with van der Waals surface area (Å²) < 4.78 is 19.7. The predicted molar refractivity (Wildman–Crippen MR) is 184 cm³/mol. The van der Waals surface area contributed by atoms with Gasteiger partial charge in [-0.2, -0.15) is 5.10 Å². The van der Waals surface area contributed by atoms with Gasteiger partial charge in [-0.05, 0) is 122 Å². The number of amides is 1. The molecule has 224 valence electrons. The molecule has 0 bridgehead atoms. The second-order valence-corrected chi connectivity index (χ2v) is 12.5. The Hall–Kier alpha value is -3.01. The summed E-state index contributed by atoms with van der Waals surface area (Å²) >= 11 is 14.7. The lowest BCUT2D eigenvalue weighted by atomic mass is 9.95. The molecule has 9 nitrogen and oxygen atoms in total. The van der Waals surface area contributed by atoms with Crippen LogP contribution < -0.4 is 25.5 Å². The zero-order valence-electron chi connectivity index (χ0n) is 23.1. The lowest BCUT2D eigenvalue weighted by Gasteiger charge is -2.30. The van der Waals surface area contributed by atoms with Crippen LogP contribution in [0.4, 0.5) is 0 Å². The van der Waals surface area contributed by atoms with Gasteiger partial charge < -0.3 is 24.8 Å². The predicted octanol–water partition coefficient (Wildman–Crippen LogP) is 6.28. The van der Waals surface area contributed by atoms with E-state index < -0.39 is 17.9 Å². The van der Waals surface area contributed by atoms with Crippen LogP contribution in [-0.2, 0) is 20.9 Å². The van der Waals surface area contributed by atoms with Gasteiger partial charge in [-0.3, -0.25) is 4.79 Å². The molecule has 0 fully saturated rings. The molecule has 0 saturated carbocycles. The fourth-order valence-electron chi connectivity index (χ4n) is 4.14. The number of benzene rings is 3. The van der Waals surface area contributed by atoms with Crippen molar-refractivity contribution in [1.29, 1.82) is 0 Å². The van der Waals surface area contributed by atoms with Gasteiger partial charge >= 0.3 is 5.97 Å². The number of rotatable bonds is 11. The summed E-state index contributed by atoms with van der Waals surface area (Å²) in [4.78, 5) is 25.3. The van der Waals surface area contributed by atoms with Crippen molar-refractivity contribution in [3.05, 3.63) is 101 Å². The van der Waals surface area contributed by atoms with Crippen molar-refractivity contribution in [3.63, 3.8) is 0 Å². The molecule has 0 unspecified atom stereocenters. The Morgan fingerprint density at radius 3 is 2.49 bits per heavy atom. The first kappa shape index (κ1) is 32.9. The minimum Gasteiger partial charge on any atom is -0.487 e. The van der Waals surface area contributed by atoms with Crippen molar-refractivity contribution in [2.24, 2.45) is 5.10 Å². The maximum absolute atomic E-state index is 12.7. The molecule has 4 rings (SSSR count). The molecule has 1 atom stereocenters. The fourth-order valence-corrected chi connectivity index (χ4v) is 6.22. The third-order valence-corrected chi connectivity index (χ3v) is 8.19. The van der Waals surface area contributed by atoms with Gasteiger partial charge in [0.15, 0.2) is 11.7 Å². The van der Waals surface area contributed by atoms with E-state index in [1.54, 1.807) is 32.0 Å². The van der Waals surface area contributed by atoms with Crippen LogP contribution in [0.2, 0.25) is 0 Å². The number of hydrazone groups is 1. The normalized spacial score (nSPS) is 14.6.